The first-order valence-corrected chi connectivity index (χ1v) is 6.65. The maximum Gasteiger partial charge on any atom is 0.258 e. The van der Waals surface area contributed by atoms with Gasteiger partial charge in [0, 0.05) is 5.56 Å². The normalized spacial score (nSPS) is 10.8. The first kappa shape index (κ1) is 13.9. The van der Waals surface area contributed by atoms with E-state index in [1.165, 1.54) is 6.07 Å². The molecule has 0 unspecified atom stereocenters. The van der Waals surface area contributed by atoms with Crippen LogP contribution < -0.4 is 5.73 Å². The molecule has 2 N–H and O–H groups in total. The van der Waals surface area contributed by atoms with Gasteiger partial charge in [-0.2, -0.15) is 4.98 Å². The molecule has 7 heteroatoms. The van der Waals surface area contributed by atoms with E-state index < -0.39 is 5.82 Å². The highest BCUT2D eigenvalue weighted by Crippen LogP contribution is 2.33. The Morgan fingerprint density at radius 3 is 2.43 bits per heavy atom. The van der Waals surface area contributed by atoms with Crippen LogP contribution in [0.4, 0.5) is 10.1 Å². The zero-order valence-corrected chi connectivity index (χ0v) is 12.0. The fraction of sp³-hybridized carbons (Fsp3) is 0. The lowest BCUT2D eigenvalue weighted by Gasteiger charge is -2.02. The Bertz CT molecular complexity index is 796. The van der Waals surface area contributed by atoms with Crippen molar-refractivity contribution >= 4 is 28.9 Å². The minimum atomic E-state index is -0.432. The van der Waals surface area contributed by atoms with Gasteiger partial charge in [0.25, 0.3) is 5.89 Å². The highest BCUT2D eigenvalue weighted by molar-refractivity contribution is 6.39. The van der Waals surface area contributed by atoms with Crippen molar-refractivity contribution in [3.8, 4) is 22.8 Å². The Labute approximate surface area is 129 Å². The lowest BCUT2D eigenvalue weighted by molar-refractivity contribution is 0.432. The maximum absolute atomic E-state index is 13.7. The zero-order chi connectivity index (χ0) is 15.0. The predicted octanol–water partition coefficient (Wildman–Crippen LogP) is 4.43. The summed E-state index contributed by atoms with van der Waals surface area (Å²) in [6, 6.07) is 9.27. The standard InChI is InChI=1S/C14H8Cl2FN3O/c15-9-5-7(6-10(16)12(9)18)14-19-13(20-21-14)8-3-1-2-4-11(8)17/h1-6H,18H2. The van der Waals surface area contributed by atoms with Crippen molar-refractivity contribution in [3.63, 3.8) is 0 Å². The minimum Gasteiger partial charge on any atom is -0.396 e. The number of nitrogens with zero attached hydrogens (tertiary/aromatic N) is 2. The number of rotatable bonds is 2. The van der Waals surface area contributed by atoms with Crippen LogP contribution >= 0.6 is 23.2 Å². The third-order valence-electron chi connectivity index (χ3n) is 2.87. The topological polar surface area (TPSA) is 64.9 Å². The third-order valence-corrected chi connectivity index (χ3v) is 3.49. The van der Waals surface area contributed by atoms with Crippen LogP contribution in [0, 0.1) is 5.82 Å². The van der Waals surface area contributed by atoms with E-state index in [1.807, 2.05) is 0 Å². The second kappa shape index (κ2) is 5.35. The highest BCUT2D eigenvalue weighted by Gasteiger charge is 2.15. The summed E-state index contributed by atoms with van der Waals surface area (Å²) in [7, 11) is 0. The predicted molar refractivity (Wildman–Crippen MR) is 79.6 cm³/mol. The molecule has 0 spiro atoms. The van der Waals surface area contributed by atoms with Crippen LogP contribution in [0.1, 0.15) is 0 Å². The number of anilines is 1. The van der Waals surface area contributed by atoms with Gasteiger partial charge >= 0.3 is 0 Å². The Hall–Kier alpha value is -2.11. The van der Waals surface area contributed by atoms with Crippen molar-refractivity contribution in [2.75, 3.05) is 5.73 Å². The van der Waals surface area contributed by atoms with Gasteiger partial charge in [-0.05, 0) is 24.3 Å². The molecule has 4 nitrogen and oxygen atoms in total. The second-order valence-electron chi connectivity index (χ2n) is 4.26. The summed E-state index contributed by atoms with van der Waals surface area (Å²) in [5.74, 6) is -0.109. The zero-order valence-electron chi connectivity index (χ0n) is 10.5. The molecule has 106 valence electrons. The summed E-state index contributed by atoms with van der Waals surface area (Å²) in [6.07, 6.45) is 0. The molecule has 0 atom stereocenters. The van der Waals surface area contributed by atoms with Gasteiger partial charge in [-0.25, -0.2) is 4.39 Å². The SMILES string of the molecule is Nc1c(Cl)cc(-c2nc(-c3ccccc3F)no2)cc1Cl. The number of hydrogen-bond donors (Lipinski definition) is 1. The summed E-state index contributed by atoms with van der Waals surface area (Å²) in [4.78, 5) is 4.15. The van der Waals surface area contributed by atoms with E-state index in [-0.39, 0.29) is 33.0 Å². The molecule has 0 aliphatic carbocycles. The highest BCUT2D eigenvalue weighted by atomic mass is 35.5. The number of halogens is 3. The molecule has 1 aromatic heterocycles. The molecule has 0 fully saturated rings. The van der Waals surface area contributed by atoms with Crippen LogP contribution in [0.15, 0.2) is 40.9 Å². The Morgan fingerprint density at radius 1 is 1.10 bits per heavy atom. The van der Waals surface area contributed by atoms with E-state index in [0.29, 0.717) is 5.56 Å². The molecule has 0 aliphatic rings. The molecular weight excluding hydrogens is 316 g/mol. The average Bonchev–Trinajstić information content (AvgIpc) is 2.94. The summed E-state index contributed by atoms with van der Waals surface area (Å²) in [5, 5.41) is 4.32. The van der Waals surface area contributed by atoms with Crippen molar-refractivity contribution in [1.82, 2.24) is 10.1 Å². The third kappa shape index (κ3) is 2.57. The van der Waals surface area contributed by atoms with E-state index in [9.17, 15) is 4.39 Å². The van der Waals surface area contributed by atoms with E-state index in [0.717, 1.165) is 0 Å². The van der Waals surface area contributed by atoms with Crippen LogP contribution in [-0.4, -0.2) is 10.1 Å². The van der Waals surface area contributed by atoms with Gasteiger partial charge < -0.3 is 10.3 Å². The van der Waals surface area contributed by atoms with Crippen molar-refractivity contribution in [3.05, 3.63) is 52.3 Å². The van der Waals surface area contributed by atoms with E-state index in [1.54, 1.807) is 30.3 Å². The van der Waals surface area contributed by atoms with E-state index in [2.05, 4.69) is 10.1 Å². The number of nitrogens with two attached hydrogens (primary N) is 1. The van der Waals surface area contributed by atoms with E-state index in [4.69, 9.17) is 33.5 Å². The molecule has 0 aliphatic heterocycles. The van der Waals surface area contributed by atoms with Crippen molar-refractivity contribution in [2.24, 2.45) is 0 Å². The molecule has 0 amide bonds. The van der Waals surface area contributed by atoms with Crippen LogP contribution in [-0.2, 0) is 0 Å². The summed E-state index contributed by atoms with van der Waals surface area (Å²) in [5.41, 5.74) is 6.70. The van der Waals surface area contributed by atoms with Gasteiger partial charge in [-0.1, -0.05) is 40.5 Å². The number of nitrogen functional groups attached to an aromatic ring is 1. The van der Waals surface area contributed by atoms with Crippen LogP contribution in [0.3, 0.4) is 0 Å². The fourth-order valence-electron chi connectivity index (χ4n) is 1.80. The number of aromatic nitrogens is 2. The van der Waals surface area contributed by atoms with Crippen LogP contribution in [0.2, 0.25) is 10.0 Å². The molecule has 0 bridgehead atoms. The van der Waals surface area contributed by atoms with Crippen molar-refractivity contribution in [1.29, 1.82) is 0 Å². The first-order chi connectivity index (χ1) is 10.1. The van der Waals surface area contributed by atoms with Gasteiger partial charge in [0.1, 0.15) is 5.82 Å². The average molecular weight is 324 g/mol. The molecular formula is C14H8Cl2FN3O. The van der Waals surface area contributed by atoms with Crippen LogP contribution in [0.5, 0.6) is 0 Å². The molecule has 0 saturated heterocycles. The molecule has 21 heavy (non-hydrogen) atoms. The summed E-state index contributed by atoms with van der Waals surface area (Å²) in [6.45, 7) is 0. The van der Waals surface area contributed by atoms with Crippen molar-refractivity contribution in [2.45, 2.75) is 0 Å². The minimum absolute atomic E-state index is 0.146. The second-order valence-corrected chi connectivity index (χ2v) is 5.07. The van der Waals surface area contributed by atoms with Gasteiger partial charge in [-0.3, -0.25) is 0 Å². The monoisotopic (exact) mass is 323 g/mol. The molecule has 3 aromatic rings. The fourth-order valence-corrected chi connectivity index (χ4v) is 2.29. The molecule has 0 radical (unpaired) electrons. The van der Waals surface area contributed by atoms with E-state index >= 15 is 0 Å². The summed E-state index contributed by atoms with van der Waals surface area (Å²) >= 11 is 11.9. The number of benzene rings is 2. The molecule has 1 heterocycles. The van der Waals surface area contributed by atoms with Gasteiger partial charge in [0.2, 0.25) is 5.82 Å². The molecule has 2 aromatic carbocycles. The lowest BCUT2D eigenvalue weighted by Crippen LogP contribution is -1.89. The Balaban J connectivity index is 2.05. The molecule has 0 saturated carbocycles. The largest absolute Gasteiger partial charge is 0.396 e. The van der Waals surface area contributed by atoms with Gasteiger partial charge in [-0.15, -0.1) is 0 Å². The maximum atomic E-state index is 13.7. The number of hydrogen-bond acceptors (Lipinski definition) is 4. The lowest BCUT2D eigenvalue weighted by atomic mass is 10.2. The van der Waals surface area contributed by atoms with Gasteiger partial charge in [0.15, 0.2) is 0 Å². The molecule has 3 rings (SSSR count). The smallest absolute Gasteiger partial charge is 0.258 e. The van der Waals surface area contributed by atoms with Gasteiger partial charge in [0.05, 0.1) is 21.3 Å². The Kier molecular flexibility index (Phi) is 3.53. The summed E-state index contributed by atoms with van der Waals surface area (Å²) < 4.78 is 18.8. The Morgan fingerprint density at radius 2 is 1.76 bits per heavy atom. The quantitative estimate of drug-likeness (QED) is 0.708. The van der Waals surface area contributed by atoms with Crippen LogP contribution in [0.25, 0.3) is 22.8 Å². The first-order valence-electron chi connectivity index (χ1n) is 5.90. The van der Waals surface area contributed by atoms with Crippen molar-refractivity contribution < 1.29 is 8.91 Å².